The summed E-state index contributed by atoms with van der Waals surface area (Å²) in [6.45, 7) is 1.76. The maximum absolute atomic E-state index is 12.0. The van der Waals surface area contributed by atoms with E-state index in [1.54, 1.807) is 6.92 Å². The number of fused-ring (bicyclic) bond motifs is 2. The lowest BCUT2D eigenvalue weighted by Gasteiger charge is -2.48. The smallest absolute Gasteiger partial charge is 0.351 e. The standard InChI is InChI=1S/C13H10BrCl2NO2/c1-12-6-9(7-2-4-8(14)5-3-7)13(16,11(18)19-12)17-10(12)15/h2-5,9H,6H2,1H3/t9-,12+,13+/m1/s1. The fourth-order valence-corrected chi connectivity index (χ4v) is 3.41. The van der Waals surface area contributed by atoms with Crippen LogP contribution in [0.25, 0.3) is 0 Å². The number of ether oxygens (including phenoxy) is 1. The molecule has 3 aliphatic rings. The number of halogens is 3. The SMILES string of the molecule is C[C@]12C[C@H](c3ccc(Br)cc3)[C@](Cl)(N=C1Cl)C(=O)O2. The van der Waals surface area contributed by atoms with Crippen molar-refractivity contribution in [1.82, 2.24) is 0 Å². The Balaban J connectivity index is 2.10. The first-order valence-electron chi connectivity index (χ1n) is 5.79. The van der Waals surface area contributed by atoms with Gasteiger partial charge in [0.15, 0.2) is 5.60 Å². The summed E-state index contributed by atoms with van der Waals surface area (Å²) in [6.07, 6.45) is 0.534. The molecule has 1 saturated heterocycles. The molecule has 1 aromatic rings. The molecule has 0 aromatic heterocycles. The third-order valence-corrected chi connectivity index (χ3v) is 5.14. The van der Waals surface area contributed by atoms with E-state index in [9.17, 15) is 4.79 Å². The normalized spacial score (nSPS) is 36.9. The minimum Gasteiger partial charge on any atom is -0.449 e. The van der Waals surface area contributed by atoms with Gasteiger partial charge >= 0.3 is 5.97 Å². The van der Waals surface area contributed by atoms with Crippen molar-refractivity contribution in [2.24, 2.45) is 4.99 Å². The van der Waals surface area contributed by atoms with Gasteiger partial charge in [-0.2, -0.15) is 0 Å². The van der Waals surface area contributed by atoms with Crippen LogP contribution in [0.2, 0.25) is 0 Å². The quantitative estimate of drug-likeness (QED) is 0.432. The van der Waals surface area contributed by atoms with E-state index < -0.39 is 16.6 Å². The van der Waals surface area contributed by atoms with Gasteiger partial charge in [-0.1, -0.05) is 51.3 Å². The number of alkyl halides is 1. The Morgan fingerprint density at radius 3 is 2.68 bits per heavy atom. The molecular weight excluding hydrogens is 353 g/mol. The maximum Gasteiger partial charge on any atom is 0.351 e. The molecule has 0 radical (unpaired) electrons. The number of carbonyl (C=O) groups is 1. The van der Waals surface area contributed by atoms with Gasteiger partial charge in [0.2, 0.25) is 5.00 Å². The number of carbonyl (C=O) groups excluding carboxylic acids is 1. The summed E-state index contributed by atoms with van der Waals surface area (Å²) in [7, 11) is 0. The molecule has 4 rings (SSSR count). The Bertz CT molecular complexity index is 589. The van der Waals surface area contributed by atoms with Crippen molar-refractivity contribution < 1.29 is 9.53 Å². The van der Waals surface area contributed by atoms with Crippen molar-refractivity contribution in [3.05, 3.63) is 34.3 Å². The molecule has 3 aliphatic heterocycles. The van der Waals surface area contributed by atoms with Crippen molar-refractivity contribution in [2.75, 3.05) is 0 Å². The van der Waals surface area contributed by atoms with Crippen molar-refractivity contribution in [3.63, 3.8) is 0 Å². The van der Waals surface area contributed by atoms with Gasteiger partial charge < -0.3 is 4.74 Å². The Morgan fingerprint density at radius 2 is 2.05 bits per heavy atom. The molecule has 0 N–H and O–H groups in total. The predicted molar refractivity (Wildman–Crippen MR) is 77.9 cm³/mol. The largest absolute Gasteiger partial charge is 0.449 e. The zero-order valence-corrected chi connectivity index (χ0v) is 13.1. The Labute approximate surface area is 129 Å². The van der Waals surface area contributed by atoms with Crippen molar-refractivity contribution >= 4 is 50.3 Å². The number of hydrogen-bond donors (Lipinski definition) is 0. The zero-order valence-electron chi connectivity index (χ0n) is 9.99. The summed E-state index contributed by atoms with van der Waals surface area (Å²) < 4.78 is 6.29. The summed E-state index contributed by atoms with van der Waals surface area (Å²) in [5, 5.41) is 0.260. The van der Waals surface area contributed by atoms with E-state index >= 15 is 0 Å². The summed E-state index contributed by atoms with van der Waals surface area (Å²) in [6, 6.07) is 7.69. The van der Waals surface area contributed by atoms with Crippen LogP contribution in [0.15, 0.2) is 33.7 Å². The summed E-state index contributed by atoms with van der Waals surface area (Å²) in [5.41, 5.74) is 0.0847. The molecule has 1 aromatic carbocycles. The highest BCUT2D eigenvalue weighted by molar-refractivity contribution is 9.10. The fraction of sp³-hybridized carbons (Fsp3) is 0.385. The van der Waals surface area contributed by atoms with E-state index in [0.29, 0.717) is 6.42 Å². The second-order valence-corrected chi connectivity index (χ2v) is 6.85. The Morgan fingerprint density at radius 1 is 1.42 bits per heavy atom. The van der Waals surface area contributed by atoms with Crippen LogP contribution in [0.5, 0.6) is 0 Å². The fourth-order valence-electron chi connectivity index (χ4n) is 2.53. The monoisotopic (exact) mass is 361 g/mol. The molecule has 3 heterocycles. The van der Waals surface area contributed by atoms with E-state index in [4.69, 9.17) is 27.9 Å². The van der Waals surface area contributed by atoms with E-state index in [0.717, 1.165) is 10.0 Å². The number of rotatable bonds is 1. The molecule has 0 saturated carbocycles. The highest BCUT2D eigenvalue weighted by Crippen LogP contribution is 2.52. The first-order chi connectivity index (χ1) is 8.85. The van der Waals surface area contributed by atoms with Crippen LogP contribution in [-0.4, -0.2) is 21.7 Å². The molecule has 0 amide bonds. The third kappa shape index (κ3) is 1.92. The van der Waals surface area contributed by atoms with Crippen LogP contribution >= 0.6 is 39.1 Å². The summed E-state index contributed by atoms with van der Waals surface area (Å²) in [5.74, 6) is -0.767. The van der Waals surface area contributed by atoms with Gasteiger partial charge in [-0.25, -0.2) is 9.79 Å². The molecular formula is C13H10BrCl2NO2. The average Bonchev–Trinajstić information content (AvgIpc) is 2.34. The van der Waals surface area contributed by atoms with E-state index in [2.05, 4.69) is 20.9 Å². The number of hydrogen-bond acceptors (Lipinski definition) is 3. The second-order valence-electron chi connectivity index (χ2n) is 5.00. The lowest BCUT2D eigenvalue weighted by Crippen LogP contribution is -2.59. The van der Waals surface area contributed by atoms with Crippen LogP contribution in [0.3, 0.4) is 0 Å². The average molecular weight is 363 g/mol. The second kappa shape index (κ2) is 4.21. The minimum atomic E-state index is -1.44. The first-order valence-corrected chi connectivity index (χ1v) is 7.34. The Kier molecular flexibility index (Phi) is 2.97. The summed E-state index contributed by atoms with van der Waals surface area (Å²) in [4.78, 5) is 14.8. The highest BCUT2D eigenvalue weighted by atomic mass is 79.9. The number of nitrogens with zero attached hydrogens (tertiary/aromatic N) is 1. The van der Waals surface area contributed by atoms with E-state index in [1.807, 2.05) is 24.3 Å². The molecule has 1 fully saturated rings. The highest BCUT2D eigenvalue weighted by Gasteiger charge is 2.61. The van der Waals surface area contributed by atoms with E-state index in [1.165, 1.54) is 0 Å². The number of benzene rings is 1. The minimum absolute atomic E-state index is 0.240. The van der Waals surface area contributed by atoms with Crippen LogP contribution < -0.4 is 0 Å². The zero-order chi connectivity index (χ0) is 13.8. The Hall–Kier alpha value is -0.580. The van der Waals surface area contributed by atoms with Gasteiger partial charge in [0, 0.05) is 16.8 Å². The third-order valence-electron chi connectivity index (χ3n) is 3.63. The molecule has 100 valence electrons. The topological polar surface area (TPSA) is 38.7 Å². The lowest BCUT2D eigenvalue weighted by atomic mass is 9.77. The molecule has 3 nitrogen and oxygen atoms in total. The summed E-state index contributed by atoms with van der Waals surface area (Å²) >= 11 is 15.8. The van der Waals surface area contributed by atoms with Crippen LogP contribution in [-0.2, 0) is 9.53 Å². The number of esters is 1. The van der Waals surface area contributed by atoms with Crippen molar-refractivity contribution in [3.8, 4) is 0 Å². The van der Waals surface area contributed by atoms with Gasteiger partial charge in [0.05, 0.1) is 0 Å². The molecule has 3 atom stereocenters. The van der Waals surface area contributed by atoms with Crippen LogP contribution in [0.1, 0.15) is 24.8 Å². The van der Waals surface area contributed by atoms with Gasteiger partial charge in [0.1, 0.15) is 5.17 Å². The molecule has 19 heavy (non-hydrogen) atoms. The van der Waals surface area contributed by atoms with Gasteiger partial charge in [-0.15, -0.1) is 0 Å². The first kappa shape index (κ1) is 13.4. The van der Waals surface area contributed by atoms with Crippen LogP contribution in [0, 0.1) is 0 Å². The van der Waals surface area contributed by atoms with Gasteiger partial charge in [0.25, 0.3) is 0 Å². The van der Waals surface area contributed by atoms with Crippen LogP contribution in [0.4, 0.5) is 0 Å². The van der Waals surface area contributed by atoms with Crippen molar-refractivity contribution in [2.45, 2.75) is 29.9 Å². The van der Waals surface area contributed by atoms with Gasteiger partial charge in [-0.05, 0) is 24.6 Å². The molecule has 2 bridgehead atoms. The van der Waals surface area contributed by atoms with Gasteiger partial charge in [-0.3, -0.25) is 0 Å². The van der Waals surface area contributed by atoms with E-state index in [-0.39, 0.29) is 11.1 Å². The lowest BCUT2D eigenvalue weighted by molar-refractivity contribution is -0.166. The van der Waals surface area contributed by atoms with Crippen molar-refractivity contribution in [1.29, 1.82) is 0 Å². The molecule has 6 heteroatoms. The predicted octanol–water partition coefficient (Wildman–Crippen LogP) is 3.82. The molecule has 0 unspecified atom stereocenters. The number of aliphatic imine (C=N–C) groups is 1. The molecule has 0 spiro atoms. The maximum atomic E-state index is 12.0. The molecule has 0 aliphatic carbocycles.